The third-order valence-electron chi connectivity index (χ3n) is 21.1. The fourth-order valence-corrected chi connectivity index (χ4v) is 14.3. The van der Waals surface area contributed by atoms with E-state index in [-0.39, 0.29) is 231 Å². The van der Waals surface area contributed by atoms with Gasteiger partial charge < -0.3 is 94.4 Å². The number of H-pyrrole nitrogens is 1. The third-order valence-corrected chi connectivity index (χ3v) is 21.1. The molecule has 18 N–H and O–H groups in total. The van der Waals surface area contributed by atoms with Crippen LogP contribution in [0.15, 0.2) is 122 Å². The zero-order valence-electron chi connectivity index (χ0n) is 68.0. The summed E-state index contributed by atoms with van der Waals surface area (Å²) < 4.78 is 5.86. The summed E-state index contributed by atoms with van der Waals surface area (Å²) in [5.41, 5.74) is 7.94. The number of phenolic OH excluding ortho intramolecular Hbond substituents is 4. The molecule has 6 atom stereocenters. The van der Waals surface area contributed by atoms with Gasteiger partial charge in [0.25, 0.3) is 53.2 Å². The van der Waals surface area contributed by atoms with Crippen LogP contribution in [0.3, 0.4) is 0 Å². The molecule has 12 bridgehead atoms. The topological polar surface area (TPSA) is 517 Å². The zero-order chi connectivity index (χ0) is 86.4. The molecular formula is C85H105N21O16. The number of hydrogen-bond acceptors (Lipinski definition) is 25. The first kappa shape index (κ1) is 89.4. The molecule has 37 heteroatoms. The van der Waals surface area contributed by atoms with Gasteiger partial charge in [-0.05, 0) is 111 Å². The highest BCUT2D eigenvalue weighted by Gasteiger charge is 2.29. The van der Waals surface area contributed by atoms with E-state index in [0.717, 1.165) is 11.1 Å². The number of nitrogens with zero attached hydrogens (tertiary/aromatic N) is 8. The number of imidazole rings is 1. The number of fused-ring (bicyclic) bond motifs is 17. The Bertz CT molecular complexity index is 5030. The van der Waals surface area contributed by atoms with Crippen LogP contribution in [0.25, 0.3) is 11.2 Å². The van der Waals surface area contributed by atoms with E-state index in [1.807, 2.05) is 43.9 Å². The largest absolute Gasteiger partial charge is 0.506 e. The van der Waals surface area contributed by atoms with E-state index in [2.05, 4.69) is 83.4 Å². The Balaban J connectivity index is 0.739. The maximum Gasteiger partial charge on any atom is 0.255 e. The molecule has 4 aliphatic heterocycles. The van der Waals surface area contributed by atoms with Gasteiger partial charge in [0.1, 0.15) is 29.6 Å². The molecule has 0 saturated carbocycles. The lowest BCUT2D eigenvalue weighted by molar-refractivity contribution is -0.122. The summed E-state index contributed by atoms with van der Waals surface area (Å²) in [5, 5.41) is 78.4. The maximum absolute atomic E-state index is 14.7. The zero-order valence-corrected chi connectivity index (χ0v) is 68.0. The van der Waals surface area contributed by atoms with Crippen molar-refractivity contribution in [3.05, 3.63) is 189 Å². The fraction of sp³-hybridized carbons (Fsp3) is 0.400. The van der Waals surface area contributed by atoms with Crippen LogP contribution < -0.4 is 69.0 Å². The normalized spacial score (nSPS) is 19.1. The molecule has 0 fully saturated rings. The number of anilines is 1. The first-order valence-corrected chi connectivity index (χ1v) is 40.9. The molecule has 646 valence electrons. The van der Waals surface area contributed by atoms with Crippen molar-refractivity contribution in [2.45, 2.75) is 96.5 Å². The van der Waals surface area contributed by atoms with Crippen LogP contribution >= 0.6 is 0 Å². The lowest BCUT2D eigenvalue weighted by atomic mass is 10.0. The number of aromatic nitrogens is 5. The second kappa shape index (κ2) is 44.6. The summed E-state index contributed by atoms with van der Waals surface area (Å²) in [7, 11) is 0. The Hall–Kier alpha value is -13.4. The Kier molecular flexibility index (Phi) is 32.7. The minimum atomic E-state index is -0.739. The van der Waals surface area contributed by atoms with Crippen molar-refractivity contribution in [3.63, 3.8) is 0 Å². The molecular weight excluding hydrogens is 1570 g/mol. The minimum Gasteiger partial charge on any atom is -0.506 e. The number of hydrogen-bond donors (Lipinski definition) is 17. The molecule has 11 amide bonds. The SMILES string of the molecule is CC1CN2CCNC(=O)c3cccc(c3O)C(=O)NCCN(CCNC(=O)c3cccc(c3O)C(=O)N1)CCN1CCNC(=O)c3cccc(c3O)C(=O)NCCN(CC2)CC(CCCCNC(=O)CCCCCCC(=O)NCc2ccc(C(=O)NCc3ccc(COc4nc(N)nc5[nH]cnc45)cc3)cn2)NC(=O)c2cccc(c2O)C(=O)NCC1. The number of aromatic hydroxyl groups is 4. The summed E-state index contributed by atoms with van der Waals surface area (Å²) in [6, 6.07) is 26.3. The van der Waals surface area contributed by atoms with Crippen LogP contribution in [0, 0.1) is 0 Å². The quantitative estimate of drug-likeness (QED) is 0.0488. The number of carbonyl (C=O) groups is 11. The van der Waals surface area contributed by atoms with Gasteiger partial charge in [0.15, 0.2) is 11.2 Å². The molecule has 7 heterocycles. The Morgan fingerprint density at radius 2 is 0.877 bits per heavy atom. The number of nitrogens with two attached hydrogens (primary N) is 1. The molecule has 4 aliphatic rings. The number of rotatable bonds is 20. The molecule has 5 aromatic carbocycles. The molecule has 0 radical (unpaired) electrons. The molecule has 37 nitrogen and oxygen atoms in total. The fourth-order valence-electron chi connectivity index (χ4n) is 14.3. The molecule has 8 aromatic rings. The Morgan fingerprint density at radius 1 is 0.451 bits per heavy atom. The average molecular weight is 1680 g/mol. The number of pyridine rings is 1. The van der Waals surface area contributed by atoms with Gasteiger partial charge in [-0.1, -0.05) is 61.4 Å². The predicted molar refractivity (Wildman–Crippen MR) is 449 cm³/mol. The van der Waals surface area contributed by atoms with Gasteiger partial charge in [-0.25, -0.2) is 4.98 Å². The molecule has 3 aromatic heterocycles. The number of benzene rings is 5. The third kappa shape index (κ3) is 25.8. The van der Waals surface area contributed by atoms with Gasteiger partial charge in [0.2, 0.25) is 23.6 Å². The van der Waals surface area contributed by atoms with Crippen molar-refractivity contribution < 1.29 is 77.9 Å². The summed E-state index contributed by atoms with van der Waals surface area (Å²) in [6.07, 6.45) is 7.16. The van der Waals surface area contributed by atoms with E-state index in [9.17, 15) is 73.2 Å². The minimum absolute atomic E-state index is 0.00687. The number of ether oxygens (including phenoxy) is 1. The number of unbranched alkanes of at least 4 members (excludes halogenated alkanes) is 4. The smallest absolute Gasteiger partial charge is 0.255 e. The Morgan fingerprint density at radius 3 is 1.34 bits per heavy atom. The van der Waals surface area contributed by atoms with E-state index in [0.29, 0.717) is 67.4 Å². The summed E-state index contributed by atoms with van der Waals surface area (Å²) >= 11 is 0. The van der Waals surface area contributed by atoms with E-state index in [1.165, 1.54) is 85.3 Å². The molecule has 6 unspecified atom stereocenters. The van der Waals surface area contributed by atoms with Gasteiger partial charge in [-0.2, -0.15) is 9.97 Å². The van der Waals surface area contributed by atoms with Crippen molar-refractivity contribution in [1.29, 1.82) is 0 Å². The number of amides is 11. The number of nitrogen functional groups attached to an aromatic ring is 1. The monoisotopic (exact) mass is 1680 g/mol. The first-order valence-electron chi connectivity index (χ1n) is 40.9. The number of para-hydroxylation sites is 4. The molecule has 0 saturated heterocycles. The van der Waals surface area contributed by atoms with E-state index < -0.39 is 82.3 Å². The van der Waals surface area contributed by atoms with Crippen molar-refractivity contribution in [3.8, 4) is 28.9 Å². The average Bonchev–Trinajstić information content (AvgIpc) is 1.54. The van der Waals surface area contributed by atoms with Crippen LogP contribution in [-0.4, -0.2) is 266 Å². The summed E-state index contributed by atoms with van der Waals surface area (Å²) in [5.74, 6) is -8.16. The van der Waals surface area contributed by atoms with Crippen LogP contribution in [0.4, 0.5) is 5.95 Å². The Labute approximate surface area is 703 Å². The highest BCUT2D eigenvalue weighted by Crippen LogP contribution is 2.28. The van der Waals surface area contributed by atoms with E-state index in [1.54, 1.807) is 19.1 Å². The van der Waals surface area contributed by atoms with Crippen LogP contribution in [0.2, 0.25) is 0 Å². The van der Waals surface area contributed by atoms with E-state index in [4.69, 9.17) is 10.5 Å². The van der Waals surface area contributed by atoms with Gasteiger partial charge in [0, 0.05) is 162 Å². The summed E-state index contributed by atoms with van der Waals surface area (Å²) in [6.45, 7) is 4.15. The van der Waals surface area contributed by atoms with Crippen molar-refractivity contribution in [1.82, 2.24) is 103 Å². The highest BCUT2D eigenvalue weighted by molar-refractivity contribution is 6.07. The second-order valence-electron chi connectivity index (χ2n) is 30.0. The number of phenols is 4. The molecule has 122 heavy (non-hydrogen) atoms. The van der Waals surface area contributed by atoms with Crippen LogP contribution in [0.1, 0.15) is 175 Å². The number of nitrogens with one attached hydrogen (secondary N) is 12. The maximum atomic E-state index is 14.7. The van der Waals surface area contributed by atoms with E-state index >= 15 is 0 Å². The van der Waals surface area contributed by atoms with Crippen molar-refractivity contribution >= 4 is 82.1 Å². The second-order valence-corrected chi connectivity index (χ2v) is 30.0. The van der Waals surface area contributed by atoms with Crippen molar-refractivity contribution in [2.24, 2.45) is 0 Å². The highest BCUT2D eigenvalue weighted by atomic mass is 16.5. The van der Waals surface area contributed by atoms with Gasteiger partial charge in [-0.3, -0.25) is 77.3 Å². The van der Waals surface area contributed by atoms with Gasteiger partial charge >= 0.3 is 0 Å². The van der Waals surface area contributed by atoms with Gasteiger partial charge in [0.05, 0.1) is 68.6 Å². The molecule has 0 spiro atoms. The molecule has 12 rings (SSSR count). The first-order chi connectivity index (χ1) is 59.0. The lowest BCUT2D eigenvalue weighted by Gasteiger charge is -2.32. The number of aromatic amines is 1. The van der Waals surface area contributed by atoms with Crippen LogP contribution in [-0.2, 0) is 29.3 Å². The standard InChI is InChI=1S/C85H105N21O16/c1-53-49-105-40-34-92-78(116)61-15-8-13-59(70(61)109)76(114)88-30-36-103(38-32-90-80(118)63-17-10-19-65(72(63)111)82(120)99-53)42-43-104-37-31-89-77(115)60-14-9-16-62(71(60)110)79(117)93-35-41-106(45-44-105)50-58(100-83(121)66-20-11-18-64(73(66)112)81(119)91-33-39-104)12-6-7-29-87-67(107)21-4-2-3-5-22-68(108)95-48-57-28-27-56(47-94-57)75(113)96-46-54-23-25-55(26-24-54)51-122-84-69-74(98-52-97-69)101-85(86)102-84/h8-11,13-20,23-28,47,52-53,58,109-112H,2-7,12,21-22,29-46,48-51H2,1H3,(H,87,107)(H,88,114)(H,89,115)(H,90,118)(H,91,119)(H,92,116)(H,93,117)(H,95,108)(H,96,113)(H,99,120)(H,100,121)(H3,86,97,98,101,102). The van der Waals surface area contributed by atoms with Crippen LogP contribution in [0.5, 0.6) is 28.9 Å². The number of carbonyl (C=O) groups excluding carboxylic acids is 11. The lowest BCUT2D eigenvalue weighted by Crippen LogP contribution is -2.50. The van der Waals surface area contributed by atoms with Crippen molar-refractivity contribution in [2.75, 3.05) is 130 Å². The summed E-state index contributed by atoms with van der Waals surface area (Å²) in [4.78, 5) is 180. The predicted octanol–water partition coefficient (Wildman–Crippen LogP) is 2.55. The molecule has 0 aliphatic carbocycles. The van der Waals surface area contributed by atoms with Gasteiger partial charge in [-0.15, -0.1) is 0 Å².